The van der Waals surface area contributed by atoms with Crippen molar-refractivity contribution in [3.05, 3.63) is 17.7 Å². The van der Waals surface area contributed by atoms with Crippen LogP contribution >= 0.6 is 0 Å². The second-order valence-corrected chi connectivity index (χ2v) is 6.92. The number of hydrogen-bond donors (Lipinski definition) is 1. The second kappa shape index (κ2) is 7.95. The maximum atomic E-state index is 12.2. The van der Waals surface area contributed by atoms with Gasteiger partial charge in [-0.15, -0.1) is 0 Å². The highest BCUT2D eigenvalue weighted by Crippen LogP contribution is 2.26. The number of nitrogens with zero attached hydrogens (tertiary/aromatic N) is 2. The largest absolute Gasteiger partial charge is 0.381 e. The SMILES string of the molecule is Cc1cnc(C2CCOCC2)n1CCNC(=O)C1CCCCC1. The molecule has 128 valence electrons. The Bertz CT molecular complexity index is 514. The fourth-order valence-corrected chi connectivity index (χ4v) is 3.85. The molecule has 23 heavy (non-hydrogen) atoms. The van der Waals surface area contributed by atoms with Crippen LogP contribution in [0.15, 0.2) is 6.20 Å². The molecule has 5 nitrogen and oxygen atoms in total. The van der Waals surface area contributed by atoms with Crippen LogP contribution in [0.3, 0.4) is 0 Å². The van der Waals surface area contributed by atoms with E-state index in [-0.39, 0.29) is 11.8 Å². The highest BCUT2D eigenvalue weighted by Gasteiger charge is 2.23. The van der Waals surface area contributed by atoms with E-state index in [0.29, 0.717) is 12.5 Å². The highest BCUT2D eigenvalue weighted by molar-refractivity contribution is 5.78. The minimum absolute atomic E-state index is 0.239. The molecule has 0 radical (unpaired) electrons. The van der Waals surface area contributed by atoms with E-state index in [1.807, 2.05) is 6.20 Å². The maximum Gasteiger partial charge on any atom is 0.223 e. The topological polar surface area (TPSA) is 56.1 Å². The van der Waals surface area contributed by atoms with Crippen LogP contribution in [0.4, 0.5) is 0 Å². The molecule has 2 fully saturated rings. The molecule has 0 atom stereocenters. The maximum absolute atomic E-state index is 12.2. The molecule has 1 aromatic heterocycles. The third kappa shape index (κ3) is 4.14. The molecular formula is C18H29N3O2. The van der Waals surface area contributed by atoms with Gasteiger partial charge in [0.05, 0.1) is 0 Å². The van der Waals surface area contributed by atoms with Crippen molar-refractivity contribution < 1.29 is 9.53 Å². The van der Waals surface area contributed by atoms with E-state index in [9.17, 15) is 4.79 Å². The Kier molecular flexibility index (Phi) is 5.70. The molecule has 0 unspecified atom stereocenters. The standard InChI is InChI=1S/C18H29N3O2/c1-14-13-20-17(15-7-11-23-12-8-15)21(14)10-9-19-18(22)16-5-3-2-4-6-16/h13,15-16H,2-12H2,1H3,(H,19,22). The van der Waals surface area contributed by atoms with Crippen LogP contribution in [0.1, 0.15) is 62.4 Å². The smallest absolute Gasteiger partial charge is 0.223 e. The number of nitrogens with one attached hydrogen (secondary N) is 1. The van der Waals surface area contributed by atoms with Crippen LogP contribution in [0.25, 0.3) is 0 Å². The van der Waals surface area contributed by atoms with Gasteiger partial charge in [0.25, 0.3) is 0 Å². The minimum Gasteiger partial charge on any atom is -0.381 e. The van der Waals surface area contributed by atoms with Crippen molar-refractivity contribution in [1.82, 2.24) is 14.9 Å². The number of aromatic nitrogens is 2. The van der Waals surface area contributed by atoms with Crippen molar-refractivity contribution in [2.45, 2.75) is 64.3 Å². The number of aryl methyl sites for hydroxylation is 1. The first-order chi connectivity index (χ1) is 11.3. The second-order valence-electron chi connectivity index (χ2n) is 6.92. The molecule has 1 N–H and O–H groups in total. The molecule has 5 heteroatoms. The average Bonchev–Trinajstić information content (AvgIpc) is 2.97. The van der Waals surface area contributed by atoms with Gasteiger partial charge in [-0.2, -0.15) is 0 Å². The molecule has 2 aliphatic rings. The molecule has 1 aromatic rings. The van der Waals surface area contributed by atoms with Gasteiger partial charge in [-0.1, -0.05) is 19.3 Å². The third-order valence-electron chi connectivity index (χ3n) is 5.28. The summed E-state index contributed by atoms with van der Waals surface area (Å²) in [4.78, 5) is 16.9. The lowest BCUT2D eigenvalue weighted by atomic mass is 9.89. The first-order valence-electron chi connectivity index (χ1n) is 9.13. The molecule has 3 rings (SSSR count). The Morgan fingerprint density at radius 1 is 1.26 bits per heavy atom. The van der Waals surface area contributed by atoms with Crippen LogP contribution in [-0.4, -0.2) is 35.2 Å². The van der Waals surface area contributed by atoms with Gasteiger partial charge in [-0.25, -0.2) is 4.98 Å². The van der Waals surface area contributed by atoms with Crippen molar-refractivity contribution >= 4 is 5.91 Å². The molecule has 0 bridgehead atoms. The Morgan fingerprint density at radius 3 is 2.74 bits per heavy atom. The van der Waals surface area contributed by atoms with Crippen molar-refractivity contribution in [2.24, 2.45) is 5.92 Å². The van der Waals surface area contributed by atoms with Crippen molar-refractivity contribution in [3.8, 4) is 0 Å². The lowest BCUT2D eigenvalue weighted by Gasteiger charge is -2.24. The van der Waals surface area contributed by atoms with Crippen LogP contribution in [0, 0.1) is 12.8 Å². The summed E-state index contributed by atoms with van der Waals surface area (Å²) in [5, 5.41) is 3.14. The Hall–Kier alpha value is -1.36. The Balaban J connectivity index is 1.53. The molecule has 1 amide bonds. The monoisotopic (exact) mass is 319 g/mol. The van der Waals surface area contributed by atoms with Crippen LogP contribution in [0.5, 0.6) is 0 Å². The summed E-state index contributed by atoms with van der Waals surface area (Å²) in [6.07, 6.45) is 9.85. The fourth-order valence-electron chi connectivity index (χ4n) is 3.85. The number of rotatable bonds is 5. The summed E-state index contributed by atoms with van der Waals surface area (Å²) < 4.78 is 7.73. The Morgan fingerprint density at radius 2 is 2.00 bits per heavy atom. The molecule has 1 aliphatic heterocycles. The lowest BCUT2D eigenvalue weighted by Crippen LogP contribution is -2.34. The van der Waals surface area contributed by atoms with E-state index in [2.05, 4.69) is 21.8 Å². The van der Waals surface area contributed by atoms with E-state index in [1.165, 1.54) is 25.0 Å². The fraction of sp³-hybridized carbons (Fsp3) is 0.778. The number of ether oxygens (including phenoxy) is 1. The van der Waals surface area contributed by atoms with Gasteiger partial charge in [0.2, 0.25) is 5.91 Å². The molecule has 2 heterocycles. The van der Waals surface area contributed by atoms with Crippen molar-refractivity contribution in [2.75, 3.05) is 19.8 Å². The van der Waals surface area contributed by atoms with E-state index in [0.717, 1.165) is 51.3 Å². The van der Waals surface area contributed by atoms with Gasteiger partial charge in [0.1, 0.15) is 5.82 Å². The number of carbonyl (C=O) groups excluding carboxylic acids is 1. The minimum atomic E-state index is 0.239. The van der Waals surface area contributed by atoms with Gasteiger partial charge in [-0.3, -0.25) is 4.79 Å². The predicted molar refractivity (Wildman–Crippen MR) is 89.3 cm³/mol. The predicted octanol–water partition coefficient (Wildman–Crippen LogP) is 2.78. The lowest BCUT2D eigenvalue weighted by molar-refractivity contribution is -0.125. The normalized spacial score (nSPS) is 20.6. The quantitative estimate of drug-likeness (QED) is 0.908. The third-order valence-corrected chi connectivity index (χ3v) is 5.28. The summed E-state index contributed by atoms with van der Waals surface area (Å²) in [5.41, 5.74) is 1.18. The van der Waals surface area contributed by atoms with Gasteiger partial charge in [0.15, 0.2) is 0 Å². The zero-order valence-corrected chi connectivity index (χ0v) is 14.2. The summed E-state index contributed by atoms with van der Waals surface area (Å²) >= 11 is 0. The zero-order chi connectivity index (χ0) is 16.1. The van der Waals surface area contributed by atoms with E-state index in [4.69, 9.17) is 4.74 Å². The van der Waals surface area contributed by atoms with Gasteiger partial charge in [0, 0.05) is 50.0 Å². The van der Waals surface area contributed by atoms with Gasteiger partial charge in [-0.05, 0) is 32.6 Å². The molecule has 1 aliphatic carbocycles. The molecule has 1 saturated heterocycles. The molecule has 1 saturated carbocycles. The van der Waals surface area contributed by atoms with Crippen LogP contribution < -0.4 is 5.32 Å². The van der Waals surface area contributed by atoms with E-state index in [1.54, 1.807) is 0 Å². The summed E-state index contributed by atoms with van der Waals surface area (Å²) in [5.74, 6) is 2.14. The first-order valence-corrected chi connectivity index (χ1v) is 9.13. The zero-order valence-electron chi connectivity index (χ0n) is 14.2. The summed E-state index contributed by atoms with van der Waals surface area (Å²) in [7, 11) is 0. The molecular weight excluding hydrogens is 290 g/mol. The van der Waals surface area contributed by atoms with E-state index < -0.39 is 0 Å². The first kappa shape index (κ1) is 16.5. The van der Waals surface area contributed by atoms with E-state index >= 15 is 0 Å². The van der Waals surface area contributed by atoms with Gasteiger partial charge >= 0.3 is 0 Å². The average molecular weight is 319 g/mol. The number of hydrogen-bond acceptors (Lipinski definition) is 3. The highest BCUT2D eigenvalue weighted by atomic mass is 16.5. The summed E-state index contributed by atoms with van der Waals surface area (Å²) in [6, 6.07) is 0. The van der Waals surface area contributed by atoms with Crippen molar-refractivity contribution in [3.63, 3.8) is 0 Å². The van der Waals surface area contributed by atoms with Crippen LogP contribution in [-0.2, 0) is 16.1 Å². The Labute approximate surface area is 138 Å². The molecule has 0 spiro atoms. The van der Waals surface area contributed by atoms with Gasteiger partial charge < -0.3 is 14.6 Å². The number of imidazole rings is 1. The van der Waals surface area contributed by atoms with Crippen LogP contribution in [0.2, 0.25) is 0 Å². The number of carbonyl (C=O) groups is 1. The summed E-state index contributed by atoms with van der Waals surface area (Å²) in [6.45, 7) is 5.27. The molecule has 0 aromatic carbocycles. The van der Waals surface area contributed by atoms with Crippen molar-refractivity contribution in [1.29, 1.82) is 0 Å². The number of amides is 1.